The fourth-order valence-electron chi connectivity index (χ4n) is 2.12. The van der Waals surface area contributed by atoms with Crippen LogP contribution in [0.15, 0.2) is 18.3 Å². The lowest BCUT2D eigenvalue weighted by atomic mass is 10.1. The maximum Gasteiger partial charge on any atom is 0.101 e. The first-order valence-electron chi connectivity index (χ1n) is 5.53. The van der Waals surface area contributed by atoms with Gasteiger partial charge in [0.1, 0.15) is 6.04 Å². The molecule has 1 atom stereocenters. The summed E-state index contributed by atoms with van der Waals surface area (Å²) < 4.78 is 0. The van der Waals surface area contributed by atoms with E-state index in [1.807, 2.05) is 18.3 Å². The SMILES string of the molecule is CN1CCN(C(C(N)=S)c2ccc[nH]2)CC1. The van der Waals surface area contributed by atoms with Crippen LogP contribution in [-0.4, -0.2) is 53.0 Å². The van der Waals surface area contributed by atoms with Crippen LogP contribution in [0, 0.1) is 0 Å². The van der Waals surface area contributed by atoms with Crippen molar-refractivity contribution >= 4 is 17.2 Å². The summed E-state index contributed by atoms with van der Waals surface area (Å²) in [5.74, 6) is 0. The highest BCUT2D eigenvalue weighted by molar-refractivity contribution is 7.80. The molecule has 3 N–H and O–H groups in total. The van der Waals surface area contributed by atoms with Gasteiger partial charge in [0.15, 0.2) is 0 Å². The molecule has 0 aromatic carbocycles. The van der Waals surface area contributed by atoms with Crippen LogP contribution in [0.2, 0.25) is 0 Å². The lowest BCUT2D eigenvalue weighted by molar-refractivity contribution is 0.136. The summed E-state index contributed by atoms with van der Waals surface area (Å²) in [5.41, 5.74) is 6.94. The van der Waals surface area contributed by atoms with E-state index < -0.39 is 0 Å². The molecule has 1 aliphatic rings. The molecule has 0 aliphatic carbocycles. The van der Waals surface area contributed by atoms with Crippen molar-refractivity contribution < 1.29 is 0 Å². The molecular weight excluding hydrogens is 220 g/mol. The molecule has 0 bridgehead atoms. The van der Waals surface area contributed by atoms with Gasteiger partial charge in [0.25, 0.3) is 0 Å². The van der Waals surface area contributed by atoms with Crippen molar-refractivity contribution in [3.63, 3.8) is 0 Å². The van der Waals surface area contributed by atoms with E-state index in [0.717, 1.165) is 31.9 Å². The molecule has 88 valence electrons. The minimum absolute atomic E-state index is 0.0544. The molecule has 0 spiro atoms. The third kappa shape index (κ3) is 2.42. The highest BCUT2D eigenvalue weighted by atomic mass is 32.1. The van der Waals surface area contributed by atoms with Gasteiger partial charge >= 0.3 is 0 Å². The molecule has 0 radical (unpaired) electrons. The van der Waals surface area contributed by atoms with Crippen LogP contribution >= 0.6 is 12.2 Å². The Bertz CT molecular complexity index is 341. The second-order valence-corrected chi connectivity index (χ2v) is 4.74. The largest absolute Gasteiger partial charge is 0.392 e. The van der Waals surface area contributed by atoms with E-state index in [-0.39, 0.29) is 6.04 Å². The Kier molecular flexibility index (Phi) is 3.58. The Morgan fingerprint density at radius 3 is 2.62 bits per heavy atom. The summed E-state index contributed by atoms with van der Waals surface area (Å²) in [7, 11) is 2.14. The number of rotatable bonds is 3. The highest BCUT2D eigenvalue weighted by Gasteiger charge is 2.26. The van der Waals surface area contributed by atoms with Crippen LogP contribution in [0.5, 0.6) is 0 Å². The lowest BCUT2D eigenvalue weighted by Crippen LogP contribution is -2.48. The molecule has 1 unspecified atom stereocenters. The zero-order chi connectivity index (χ0) is 11.5. The summed E-state index contributed by atoms with van der Waals surface area (Å²) in [5, 5.41) is 0. The number of nitrogens with two attached hydrogens (primary N) is 1. The molecule has 1 fully saturated rings. The zero-order valence-corrected chi connectivity index (χ0v) is 10.3. The van der Waals surface area contributed by atoms with Crippen molar-refractivity contribution in [2.45, 2.75) is 6.04 Å². The standard InChI is InChI=1S/C11H18N4S/c1-14-5-7-15(8-6-14)10(11(12)16)9-3-2-4-13-9/h2-4,10,13H,5-8H2,1H3,(H2,12,16). The van der Waals surface area contributed by atoms with Crippen molar-refractivity contribution in [2.75, 3.05) is 33.2 Å². The molecule has 16 heavy (non-hydrogen) atoms. The van der Waals surface area contributed by atoms with Crippen molar-refractivity contribution in [3.8, 4) is 0 Å². The van der Waals surface area contributed by atoms with Gasteiger partial charge in [-0.1, -0.05) is 12.2 Å². The molecule has 4 nitrogen and oxygen atoms in total. The maximum absolute atomic E-state index is 5.85. The van der Waals surface area contributed by atoms with Gasteiger partial charge in [-0.05, 0) is 19.2 Å². The highest BCUT2D eigenvalue weighted by Crippen LogP contribution is 2.20. The van der Waals surface area contributed by atoms with E-state index in [1.54, 1.807) is 0 Å². The Morgan fingerprint density at radius 1 is 1.44 bits per heavy atom. The summed E-state index contributed by atoms with van der Waals surface area (Å²) >= 11 is 5.18. The van der Waals surface area contributed by atoms with E-state index in [0.29, 0.717) is 4.99 Å². The molecule has 2 rings (SSSR count). The van der Waals surface area contributed by atoms with Crippen molar-refractivity contribution in [1.82, 2.24) is 14.8 Å². The molecule has 0 amide bonds. The Labute approximate surface area is 101 Å². The number of nitrogens with zero attached hydrogens (tertiary/aromatic N) is 2. The number of hydrogen-bond donors (Lipinski definition) is 2. The van der Waals surface area contributed by atoms with Crippen molar-refractivity contribution in [3.05, 3.63) is 24.0 Å². The number of hydrogen-bond acceptors (Lipinski definition) is 3. The van der Waals surface area contributed by atoms with Crippen LogP contribution in [-0.2, 0) is 0 Å². The Balaban J connectivity index is 2.11. The molecule has 5 heteroatoms. The van der Waals surface area contributed by atoms with Crippen molar-refractivity contribution in [2.24, 2.45) is 5.73 Å². The normalized spacial score (nSPS) is 20.8. The smallest absolute Gasteiger partial charge is 0.101 e. The molecule has 1 saturated heterocycles. The first-order valence-corrected chi connectivity index (χ1v) is 5.94. The van der Waals surface area contributed by atoms with Gasteiger partial charge in [0, 0.05) is 38.1 Å². The van der Waals surface area contributed by atoms with E-state index in [1.165, 1.54) is 0 Å². The first kappa shape index (κ1) is 11.6. The summed E-state index contributed by atoms with van der Waals surface area (Å²) in [6.07, 6.45) is 1.91. The zero-order valence-electron chi connectivity index (χ0n) is 9.52. The average Bonchev–Trinajstić information content (AvgIpc) is 2.74. The van der Waals surface area contributed by atoms with E-state index in [9.17, 15) is 0 Å². The molecule has 1 aliphatic heterocycles. The van der Waals surface area contributed by atoms with Crippen LogP contribution in [0.25, 0.3) is 0 Å². The third-order valence-electron chi connectivity index (χ3n) is 3.09. The molecule has 1 aromatic heterocycles. The van der Waals surface area contributed by atoms with Gasteiger partial charge in [0.05, 0.1) is 4.99 Å². The van der Waals surface area contributed by atoms with Gasteiger partial charge in [-0.3, -0.25) is 4.90 Å². The Hall–Kier alpha value is -0.910. The second kappa shape index (κ2) is 4.95. The second-order valence-electron chi connectivity index (χ2n) is 4.27. The fourth-order valence-corrected chi connectivity index (χ4v) is 2.40. The quantitative estimate of drug-likeness (QED) is 0.757. The Morgan fingerprint density at radius 2 is 2.12 bits per heavy atom. The summed E-state index contributed by atoms with van der Waals surface area (Å²) in [4.78, 5) is 8.42. The topological polar surface area (TPSA) is 48.3 Å². The van der Waals surface area contributed by atoms with E-state index in [2.05, 4.69) is 21.8 Å². The van der Waals surface area contributed by atoms with Gasteiger partial charge < -0.3 is 15.6 Å². The predicted molar refractivity (Wildman–Crippen MR) is 69.4 cm³/mol. The fraction of sp³-hybridized carbons (Fsp3) is 0.545. The van der Waals surface area contributed by atoms with E-state index >= 15 is 0 Å². The maximum atomic E-state index is 5.85. The van der Waals surface area contributed by atoms with E-state index in [4.69, 9.17) is 18.0 Å². The number of thiocarbonyl (C=S) groups is 1. The van der Waals surface area contributed by atoms with Crippen LogP contribution in [0.4, 0.5) is 0 Å². The molecule has 1 aromatic rings. The predicted octanol–water partition coefficient (Wildman–Crippen LogP) is 0.589. The lowest BCUT2D eigenvalue weighted by Gasteiger charge is -2.37. The molecule has 2 heterocycles. The van der Waals surface area contributed by atoms with Gasteiger partial charge in [-0.25, -0.2) is 0 Å². The van der Waals surface area contributed by atoms with Crippen LogP contribution in [0.3, 0.4) is 0 Å². The number of likely N-dealkylation sites (N-methyl/N-ethyl adjacent to an activating group) is 1. The van der Waals surface area contributed by atoms with Gasteiger partial charge in [0.2, 0.25) is 0 Å². The number of aromatic amines is 1. The van der Waals surface area contributed by atoms with Crippen LogP contribution in [0.1, 0.15) is 11.7 Å². The van der Waals surface area contributed by atoms with Gasteiger partial charge in [-0.15, -0.1) is 0 Å². The minimum Gasteiger partial charge on any atom is -0.392 e. The van der Waals surface area contributed by atoms with Crippen LogP contribution < -0.4 is 5.73 Å². The van der Waals surface area contributed by atoms with Crippen molar-refractivity contribution in [1.29, 1.82) is 0 Å². The number of nitrogens with one attached hydrogen (secondary N) is 1. The third-order valence-corrected chi connectivity index (χ3v) is 3.31. The molecule has 0 saturated carbocycles. The number of H-pyrrole nitrogens is 1. The molecular formula is C11H18N4S. The number of piperazine rings is 1. The first-order chi connectivity index (χ1) is 7.68. The monoisotopic (exact) mass is 238 g/mol. The van der Waals surface area contributed by atoms with Gasteiger partial charge in [-0.2, -0.15) is 0 Å². The number of aromatic nitrogens is 1. The average molecular weight is 238 g/mol. The summed E-state index contributed by atoms with van der Waals surface area (Å²) in [6.45, 7) is 4.16. The summed E-state index contributed by atoms with van der Waals surface area (Å²) in [6, 6.07) is 4.08. The minimum atomic E-state index is 0.0544.